The molecule has 0 heterocycles. The van der Waals surface area contributed by atoms with Crippen molar-refractivity contribution >= 4 is 0 Å². The SMILES string of the molecule is CCOc1ccc([C@@H](O)c2cccc(C)c2)cc1. The molecule has 2 rings (SSSR count). The molecule has 2 aromatic carbocycles. The van der Waals surface area contributed by atoms with Gasteiger partial charge in [-0.15, -0.1) is 0 Å². The Balaban J connectivity index is 2.20. The lowest BCUT2D eigenvalue weighted by Gasteiger charge is -2.13. The fraction of sp³-hybridized carbons (Fsp3) is 0.250. The first kappa shape index (κ1) is 12.7. The van der Waals surface area contributed by atoms with Crippen LogP contribution in [-0.2, 0) is 0 Å². The van der Waals surface area contributed by atoms with Crippen molar-refractivity contribution in [3.8, 4) is 5.75 Å². The zero-order valence-corrected chi connectivity index (χ0v) is 10.8. The summed E-state index contributed by atoms with van der Waals surface area (Å²) in [6, 6.07) is 15.5. The van der Waals surface area contributed by atoms with Crippen molar-refractivity contribution in [3.63, 3.8) is 0 Å². The van der Waals surface area contributed by atoms with Gasteiger partial charge >= 0.3 is 0 Å². The minimum Gasteiger partial charge on any atom is -0.494 e. The van der Waals surface area contributed by atoms with Crippen LogP contribution in [0.5, 0.6) is 5.75 Å². The molecule has 94 valence electrons. The third-order valence-electron chi connectivity index (χ3n) is 2.86. The summed E-state index contributed by atoms with van der Waals surface area (Å²) in [6.45, 7) is 4.63. The van der Waals surface area contributed by atoms with Crippen LogP contribution in [0.25, 0.3) is 0 Å². The lowest BCUT2D eigenvalue weighted by Crippen LogP contribution is -2.00. The van der Waals surface area contributed by atoms with Gasteiger partial charge in [0.2, 0.25) is 0 Å². The molecular weight excluding hydrogens is 224 g/mol. The van der Waals surface area contributed by atoms with Gasteiger partial charge in [-0.05, 0) is 37.1 Å². The second kappa shape index (κ2) is 5.69. The first-order valence-corrected chi connectivity index (χ1v) is 6.18. The Bertz CT molecular complexity index is 503. The van der Waals surface area contributed by atoms with Crippen LogP contribution in [0.3, 0.4) is 0 Å². The number of rotatable bonds is 4. The topological polar surface area (TPSA) is 29.5 Å². The Morgan fingerprint density at radius 2 is 1.78 bits per heavy atom. The number of aliphatic hydroxyl groups is 1. The zero-order valence-electron chi connectivity index (χ0n) is 10.8. The Morgan fingerprint density at radius 1 is 1.06 bits per heavy atom. The molecular formula is C16H18O2. The van der Waals surface area contributed by atoms with Gasteiger partial charge in [-0.1, -0.05) is 42.0 Å². The molecule has 0 aromatic heterocycles. The van der Waals surface area contributed by atoms with Gasteiger partial charge in [0.15, 0.2) is 0 Å². The molecule has 0 fully saturated rings. The van der Waals surface area contributed by atoms with E-state index in [0.717, 1.165) is 22.4 Å². The Hall–Kier alpha value is -1.80. The van der Waals surface area contributed by atoms with Crippen LogP contribution in [-0.4, -0.2) is 11.7 Å². The van der Waals surface area contributed by atoms with Gasteiger partial charge in [0.25, 0.3) is 0 Å². The van der Waals surface area contributed by atoms with Crippen LogP contribution >= 0.6 is 0 Å². The maximum absolute atomic E-state index is 10.3. The summed E-state index contributed by atoms with van der Waals surface area (Å²) in [5, 5.41) is 10.3. The zero-order chi connectivity index (χ0) is 13.0. The molecule has 0 aliphatic heterocycles. The highest BCUT2D eigenvalue weighted by Gasteiger charge is 2.10. The van der Waals surface area contributed by atoms with Gasteiger partial charge in [-0.3, -0.25) is 0 Å². The summed E-state index contributed by atoms with van der Waals surface area (Å²) in [5.41, 5.74) is 2.95. The minimum atomic E-state index is -0.583. The van der Waals surface area contributed by atoms with E-state index in [1.54, 1.807) is 0 Å². The fourth-order valence-electron chi connectivity index (χ4n) is 1.95. The van der Waals surface area contributed by atoms with Crippen molar-refractivity contribution in [3.05, 3.63) is 65.2 Å². The summed E-state index contributed by atoms with van der Waals surface area (Å²) in [4.78, 5) is 0. The molecule has 0 spiro atoms. The highest BCUT2D eigenvalue weighted by Crippen LogP contribution is 2.24. The molecule has 18 heavy (non-hydrogen) atoms. The maximum Gasteiger partial charge on any atom is 0.119 e. The number of aliphatic hydroxyl groups excluding tert-OH is 1. The van der Waals surface area contributed by atoms with Crippen molar-refractivity contribution < 1.29 is 9.84 Å². The molecule has 0 unspecified atom stereocenters. The largest absolute Gasteiger partial charge is 0.494 e. The second-order valence-corrected chi connectivity index (χ2v) is 4.32. The number of hydrogen-bond donors (Lipinski definition) is 1. The van der Waals surface area contributed by atoms with E-state index in [9.17, 15) is 5.11 Å². The van der Waals surface area contributed by atoms with Crippen LogP contribution in [0.4, 0.5) is 0 Å². The molecule has 0 saturated heterocycles. The summed E-state index contributed by atoms with van der Waals surface area (Å²) in [6.07, 6.45) is -0.583. The predicted octanol–water partition coefficient (Wildman–Crippen LogP) is 3.48. The van der Waals surface area contributed by atoms with Gasteiger partial charge in [0.05, 0.1) is 6.61 Å². The van der Waals surface area contributed by atoms with Gasteiger partial charge in [-0.2, -0.15) is 0 Å². The molecule has 1 N–H and O–H groups in total. The Morgan fingerprint density at radius 3 is 2.39 bits per heavy atom. The van der Waals surface area contributed by atoms with E-state index in [-0.39, 0.29) is 0 Å². The molecule has 1 atom stereocenters. The maximum atomic E-state index is 10.3. The van der Waals surface area contributed by atoms with E-state index in [0.29, 0.717) is 6.61 Å². The van der Waals surface area contributed by atoms with E-state index in [2.05, 4.69) is 0 Å². The summed E-state index contributed by atoms with van der Waals surface area (Å²) >= 11 is 0. The average Bonchev–Trinajstić information content (AvgIpc) is 2.39. The third-order valence-corrected chi connectivity index (χ3v) is 2.86. The number of hydrogen-bond acceptors (Lipinski definition) is 2. The van der Waals surface area contributed by atoms with Crippen molar-refractivity contribution in [2.75, 3.05) is 6.61 Å². The summed E-state index contributed by atoms with van der Waals surface area (Å²) in [7, 11) is 0. The van der Waals surface area contributed by atoms with Gasteiger partial charge in [0.1, 0.15) is 11.9 Å². The third kappa shape index (κ3) is 2.90. The van der Waals surface area contributed by atoms with Crippen LogP contribution in [0.1, 0.15) is 29.7 Å². The monoisotopic (exact) mass is 242 g/mol. The highest BCUT2D eigenvalue weighted by molar-refractivity contribution is 5.35. The van der Waals surface area contributed by atoms with Crippen LogP contribution in [0, 0.1) is 6.92 Å². The van der Waals surface area contributed by atoms with Crippen molar-refractivity contribution in [2.24, 2.45) is 0 Å². The van der Waals surface area contributed by atoms with Crippen molar-refractivity contribution in [2.45, 2.75) is 20.0 Å². The molecule has 2 aromatic rings. The van der Waals surface area contributed by atoms with Crippen molar-refractivity contribution in [1.29, 1.82) is 0 Å². The lowest BCUT2D eigenvalue weighted by molar-refractivity contribution is 0.220. The van der Waals surface area contributed by atoms with E-state index in [1.807, 2.05) is 62.4 Å². The molecule has 0 amide bonds. The molecule has 0 saturated carbocycles. The highest BCUT2D eigenvalue weighted by atomic mass is 16.5. The standard InChI is InChI=1S/C16H18O2/c1-3-18-15-9-7-13(8-10-15)16(17)14-6-4-5-12(2)11-14/h4-11,16-17H,3H2,1-2H3/t16-/m1/s1. The number of aryl methyl sites for hydroxylation is 1. The number of ether oxygens (including phenoxy) is 1. The van der Waals surface area contributed by atoms with E-state index < -0.39 is 6.10 Å². The van der Waals surface area contributed by atoms with E-state index >= 15 is 0 Å². The first-order chi connectivity index (χ1) is 8.70. The van der Waals surface area contributed by atoms with Crippen LogP contribution in [0.2, 0.25) is 0 Å². The second-order valence-electron chi connectivity index (χ2n) is 4.32. The molecule has 2 nitrogen and oxygen atoms in total. The average molecular weight is 242 g/mol. The quantitative estimate of drug-likeness (QED) is 0.889. The predicted molar refractivity (Wildman–Crippen MR) is 72.9 cm³/mol. The lowest BCUT2D eigenvalue weighted by atomic mass is 10.00. The fourth-order valence-corrected chi connectivity index (χ4v) is 1.95. The van der Waals surface area contributed by atoms with Gasteiger partial charge in [0, 0.05) is 0 Å². The molecule has 0 bridgehead atoms. The molecule has 2 heteroatoms. The van der Waals surface area contributed by atoms with Crippen molar-refractivity contribution in [1.82, 2.24) is 0 Å². The molecule has 0 aliphatic rings. The summed E-state index contributed by atoms with van der Waals surface area (Å²) in [5.74, 6) is 0.831. The first-order valence-electron chi connectivity index (χ1n) is 6.18. The smallest absolute Gasteiger partial charge is 0.119 e. The normalized spacial score (nSPS) is 12.2. The van der Waals surface area contributed by atoms with E-state index in [1.165, 1.54) is 0 Å². The van der Waals surface area contributed by atoms with E-state index in [4.69, 9.17) is 4.74 Å². The molecule has 0 radical (unpaired) electrons. The minimum absolute atomic E-state index is 0.583. The Labute approximate surface area is 108 Å². The molecule has 0 aliphatic carbocycles. The van der Waals surface area contributed by atoms with Crippen LogP contribution < -0.4 is 4.74 Å². The van der Waals surface area contributed by atoms with Gasteiger partial charge < -0.3 is 9.84 Å². The van der Waals surface area contributed by atoms with Gasteiger partial charge in [-0.25, -0.2) is 0 Å². The van der Waals surface area contributed by atoms with Crippen LogP contribution in [0.15, 0.2) is 48.5 Å². The number of benzene rings is 2. The summed E-state index contributed by atoms with van der Waals surface area (Å²) < 4.78 is 5.38. The Kier molecular flexibility index (Phi) is 4.00.